The zero-order valence-corrected chi connectivity index (χ0v) is 39.2. The molecule has 0 aromatic carbocycles. The maximum atomic E-state index is 12.7. The van der Waals surface area contributed by atoms with Crippen molar-refractivity contribution in [3.05, 3.63) is 24.5 Å². The minimum atomic E-state index is -4.29. The number of phosphoric acid groups is 1. The highest BCUT2D eigenvalue weighted by atomic mass is 31.2. The SMILES string of the molecule is CCCCCCCC/C=C\CCCCCCCCCCCCCC(=O)O[C@H](CO/C=C\CCCCCCCCCCCCCC)COP(=O)(O)OCC[N+](C)(C)C. The summed E-state index contributed by atoms with van der Waals surface area (Å²) in [6.45, 7) is 4.96. The van der Waals surface area contributed by atoms with Crippen molar-refractivity contribution < 1.29 is 37.3 Å². The van der Waals surface area contributed by atoms with Crippen LogP contribution in [0, 0.1) is 0 Å². The Bertz CT molecular complexity index is 967. The number of ether oxygens (including phenoxy) is 2. The Morgan fingerprint density at radius 2 is 0.930 bits per heavy atom. The van der Waals surface area contributed by atoms with Crippen molar-refractivity contribution in [1.29, 1.82) is 0 Å². The second-order valence-corrected chi connectivity index (χ2v) is 19.0. The summed E-state index contributed by atoms with van der Waals surface area (Å²) in [4.78, 5) is 22.9. The minimum absolute atomic E-state index is 0.0515. The molecule has 2 atom stereocenters. The van der Waals surface area contributed by atoms with Crippen molar-refractivity contribution in [2.24, 2.45) is 0 Å². The molecule has 57 heavy (non-hydrogen) atoms. The van der Waals surface area contributed by atoms with E-state index in [1.54, 1.807) is 6.26 Å². The fourth-order valence-electron chi connectivity index (χ4n) is 6.81. The van der Waals surface area contributed by atoms with Gasteiger partial charge in [-0.25, -0.2) is 4.57 Å². The molecule has 0 aliphatic carbocycles. The van der Waals surface area contributed by atoms with Gasteiger partial charge in [0.15, 0.2) is 6.10 Å². The summed E-state index contributed by atoms with van der Waals surface area (Å²) in [5.41, 5.74) is 0. The number of unbranched alkanes of at least 4 members (excludes halogenated alkanes) is 29. The molecule has 0 amide bonds. The molecule has 338 valence electrons. The van der Waals surface area contributed by atoms with Crippen molar-refractivity contribution in [2.75, 3.05) is 47.5 Å². The molecular weight excluding hydrogens is 734 g/mol. The van der Waals surface area contributed by atoms with Crippen LogP contribution in [0.3, 0.4) is 0 Å². The van der Waals surface area contributed by atoms with E-state index < -0.39 is 13.9 Å². The van der Waals surface area contributed by atoms with E-state index in [0.29, 0.717) is 17.4 Å². The van der Waals surface area contributed by atoms with E-state index in [0.717, 1.165) is 32.1 Å². The van der Waals surface area contributed by atoms with Gasteiger partial charge >= 0.3 is 13.8 Å². The van der Waals surface area contributed by atoms with Crippen molar-refractivity contribution in [2.45, 2.75) is 232 Å². The average Bonchev–Trinajstić information content (AvgIpc) is 3.16. The number of carbonyl (C=O) groups is 1. The Hall–Kier alpha value is -1.18. The molecule has 0 heterocycles. The number of likely N-dealkylation sites (N-methyl/N-ethyl adjacent to an activating group) is 1. The number of carbonyl (C=O) groups excluding carboxylic acids is 1. The van der Waals surface area contributed by atoms with Crippen LogP contribution < -0.4 is 0 Å². The van der Waals surface area contributed by atoms with E-state index in [-0.39, 0.29) is 25.8 Å². The lowest BCUT2D eigenvalue weighted by Gasteiger charge is -2.24. The first-order chi connectivity index (χ1) is 27.6. The molecule has 1 N–H and O–H groups in total. The molecule has 0 bridgehead atoms. The van der Waals surface area contributed by atoms with Crippen molar-refractivity contribution >= 4 is 13.8 Å². The molecule has 0 radical (unpaired) electrons. The van der Waals surface area contributed by atoms with Crippen LogP contribution in [-0.4, -0.2) is 69.0 Å². The summed E-state index contributed by atoms with van der Waals surface area (Å²) >= 11 is 0. The third-order valence-corrected chi connectivity index (χ3v) is 11.6. The Morgan fingerprint density at radius 1 is 0.544 bits per heavy atom. The molecule has 8 nitrogen and oxygen atoms in total. The number of hydrogen-bond donors (Lipinski definition) is 1. The van der Waals surface area contributed by atoms with Crippen LogP contribution in [-0.2, 0) is 27.9 Å². The van der Waals surface area contributed by atoms with Gasteiger partial charge in [0.05, 0.1) is 34.0 Å². The Labute approximate surface area is 353 Å². The lowest BCUT2D eigenvalue weighted by Crippen LogP contribution is -2.37. The fourth-order valence-corrected chi connectivity index (χ4v) is 7.55. The van der Waals surface area contributed by atoms with E-state index >= 15 is 0 Å². The Morgan fingerprint density at radius 3 is 1.35 bits per heavy atom. The molecule has 0 aromatic heterocycles. The smallest absolute Gasteiger partial charge is 0.472 e. The maximum Gasteiger partial charge on any atom is 0.472 e. The number of hydrogen-bond acceptors (Lipinski definition) is 6. The predicted octanol–water partition coefficient (Wildman–Crippen LogP) is 14.7. The largest absolute Gasteiger partial charge is 0.498 e. The Kier molecular flexibility index (Phi) is 40.7. The van der Waals surface area contributed by atoms with Gasteiger partial charge in [-0.1, -0.05) is 187 Å². The van der Waals surface area contributed by atoms with Crippen molar-refractivity contribution in [1.82, 2.24) is 0 Å². The second-order valence-electron chi connectivity index (χ2n) is 17.6. The lowest BCUT2D eigenvalue weighted by molar-refractivity contribution is -0.870. The van der Waals surface area contributed by atoms with E-state index in [4.69, 9.17) is 18.5 Å². The van der Waals surface area contributed by atoms with Crippen LogP contribution in [0.5, 0.6) is 0 Å². The Balaban J connectivity index is 4.17. The second kappa shape index (κ2) is 41.5. The van der Waals surface area contributed by atoms with Gasteiger partial charge in [0.25, 0.3) is 0 Å². The first-order valence-electron chi connectivity index (χ1n) is 24.1. The molecule has 0 rings (SSSR count). The highest BCUT2D eigenvalue weighted by Crippen LogP contribution is 2.43. The van der Waals surface area contributed by atoms with Gasteiger partial charge in [-0.2, -0.15) is 0 Å². The van der Waals surface area contributed by atoms with E-state index in [1.165, 1.54) is 173 Å². The normalized spacial score (nSPS) is 13.8. The summed E-state index contributed by atoms with van der Waals surface area (Å²) in [7, 11) is 1.64. The van der Waals surface area contributed by atoms with Crippen LogP contribution >= 0.6 is 7.82 Å². The molecule has 0 fully saturated rings. The summed E-state index contributed by atoms with van der Waals surface area (Å²) < 4.78 is 34.8. The predicted molar refractivity (Wildman–Crippen MR) is 242 cm³/mol. The molecule has 0 aliphatic rings. The van der Waals surface area contributed by atoms with Gasteiger partial charge in [-0.3, -0.25) is 13.8 Å². The molecule has 0 saturated carbocycles. The van der Waals surface area contributed by atoms with Gasteiger partial charge in [-0.05, 0) is 51.0 Å². The van der Waals surface area contributed by atoms with E-state index in [9.17, 15) is 14.3 Å². The number of nitrogens with zero attached hydrogens (tertiary/aromatic N) is 1. The zero-order valence-electron chi connectivity index (χ0n) is 38.3. The molecule has 1 unspecified atom stereocenters. The monoisotopic (exact) mass is 829 g/mol. The highest BCUT2D eigenvalue weighted by Gasteiger charge is 2.26. The van der Waals surface area contributed by atoms with Crippen LogP contribution in [0.1, 0.15) is 226 Å². The average molecular weight is 829 g/mol. The van der Waals surface area contributed by atoms with Crippen molar-refractivity contribution in [3.63, 3.8) is 0 Å². The van der Waals surface area contributed by atoms with Gasteiger partial charge in [0, 0.05) is 6.42 Å². The maximum absolute atomic E-state index is 12.7. The number of rotatable bonds is 45. The van der Waals surface area contributed by atoms with Crippen LogP contribution in [0.25, 0.3) is 0 Å². The summed E-state index contributed by atoms with van der Waals surface area (Å²) in [5.74, 6) is -0.334. The molecule has 9 heteroatoms. The van der Waals surface area contributed by atoms with E-state index in [2.05, 4.69) is 26.0 Å². The molecule has 0 spiro atoms. The number of allylic oxidation sites excluding steroid dienone is 3. The number of quaternary nitrogens is 1. The first-order valence-corrected chi connectivity index (χ1v) is 25.6. The van der Waals surface area contributed by atoms with Crippen LogP contribution in [0.4, 0.5) is 0 Å². The fraction of sp³-hybridized carbons (Fsp3) is 0.896. The zero-order chi connectivity index (χ0) is 42.0. The lowest BCUT2D eigenvalue weighted by atomic mass is 10.0. The standard InChI is InChI=1S/C48H94NO7P/c1-6-8-10-12-14-16-18-20-22-23-24-25-26-27-28-29-31-33-35-37-39-41-48(50)56-47(46-55-57(51,52)54-44-42-49(3,4)5)45-53-43-40-38-36-34-32-30-21-19-17-15-13-11-9-7-2/h20,22,40,43,47H,6-19,21,23-39,41-42,44-46H2,1-5H3/p+1/b22-20-,43-40-/t47-/m1/s1. The highest BCUT2D eigenvalue weighted by molar-refractivity contribution is 7.47. The van der Waals surface area contributed by atoms with Gasteiger partial charge in [-0.15, -0.1) is 0 Å². The molecule has 0 aromatic rings. The molecular formula is C48H95NO7P+. The van der Waals surface area contributed by atoms with Gasteiger partial charge in [0.1, 0.15) is 19.8 Å². The molecule has 0 aliphatic heterocycles. The third kappa shape index (κ3) is 45.7. The quantitative estimate of drug-likeness (QED) is 0.0163. The number of phosphoric ester groups is 1. The van der Waals surface area contributed by atoms with Crippen molar-refractivity contribution in [3.8, 4) is 0 Å². The third-order valence-electron chi connectivity index (χ3n) is 10.6. The summed E-state index contributed by atoms with van der Waals surface area (Å²) in [6.07, 6.45) is 48.8. The summed E-state index contributed by atoms with van der Waals surface area (Å²) in [5, 5.41) is 0. The van der Waals surface area contributed by atoms with E-state index in [1.807, 2.05) is 27.2 Å². The minimum Gasteiger partial charge on any atom is -0.498 e. The van der Waals surface area contributed by atoms with Gasteiger partial charge < -0.3 is 18.9 Å². The number of esters is 1. The van der Waals surface area contributed by atoms with Crippen LogP contribution in [0.15, 0.2) is 24.5 Å². The van der Waals surface area contributed by atoms with Gasteiger partial charge in [0.2, 0.25) is 0 Å². The topological polar surface area (TPSA) is 91.3 Å². The first kappa shape index (κ1) is 55.8. The summed E-state index contributed by atoms with van der Waals surface area (Å²) in [6, 6.07) is 0. The van der Waals surface area contributed by atoms with Crippen LogP contribution in [0.2, 0.25) is 0 Å². The molecule has 0 saturated heterocycles.